The van der Waals surface area contributed by atoms with Gasteiger partial charge in [-0.1, -0.05) is 43.2 Å². The third-order valence-corrected chi connectivity index (χ3v) is 3.70. The molecule has 0 amide bonds. The second-order valence-corrected chi connectivity index (χ2v) is 5.54. The molecule has 2 nitrogen and oxygen atoms in total. The lowest BCUT2D eigenvalue weighted by Gasteiger charge is -2.05. The molecule has 16 heavy (non-hydrogen) atoms. The lowest BCUT2D eigenvalue weighted by atomic mass is 9.99. The molecule has 0 heterocycles. The summed E-state index contributed by atoms with van der Waals surface area (Å²) in [5, 5.41) is 9.16. The van der Waals surface area contributed by atoms with E-state index >= 15 is 0 Å². The number of aliphatic carboxylic acids is 1. The Balaban J connectivity index is 2.37. The van der Waals surface area contributed by atoms with Crippen molar-refractivity contribution in [1.82, 2.24) is 0 Å². The van der Waals surface area contributed by atoms with Crippen LogP contribution in [-0.4, -0.2) is 11.1 Å². The highest BCUT2D eigenvalue weighted by Crippen LogP contribution is 2.64. The molecular formula is C14H18O2. The zero-order chi connectivity index (χ0) is 12.1. The van der Waals surface area contributed by atoms with E-state index in [0.29, 0.717) is 0 Å². The molecule has 0 aliphatic heterocycles. The van der Waals surface area contributed by atoms with Crippen LogP contribution in [-0.2, 0) is 4.79 Å². The third-order valence-electron chi connectivity index (χ3n) is 3.70. The van der Waals surface area contributed by atoms with Gasteiger partial charge in [0.25, 0.3) is 0 Å². The van der Waals surface area contributed by atoms with Crippen molar-refractivity contribution in [3.05, 3.63) is 34.9 Å². The number of hydrogen-bond donors (Lipinski definition) is 1. The molecule has 1 saturated carbocycles. The smallest absolute Gasteiger partial charge is 0.307 e. The third kappa shape index (κ3) is 1.62. The maximum atomic E-state index is 11.1. The quantitative estimate of drug-likeness (QED) is 0.828. The van der Waals surface area contributed by atoms with Crippen molar-refractivity contribution >= 4 is 5.97 Å². The van der Waals surface area contributed by atoms with Gasteiger partial charge in [-0.05, 0) is 24.8 Å². The highest BCUT2D eigenvalue weighted by molar-refractivity contribution is 5.77. The second kappa shape index (κ2) is 3.34. The minimum Gasteiger partial charge on any atom is -0.481 e. The summed E-state index contributed by atoms with van der Waals surface area (Å²) in [5.41, 5.74) is 3.49. The van der Waals surface area contributed by atoms with Crippen LogP contribution in [0.4, 0.5) is 0 Å². The highest BCUT2D eigenvalue weighted by atomic mass is 16.4. The van der Waals surface area contributed by atoms with Crippen LogP contribution in [0.3, 0.4) is 0 Å². The Hall–Kier alpha value is -1.31. The van der Waals surface area contributed by atoms with Gasteiger partial charge in [-0.25, -0.2) is 0 Å². The van der Waals surface area contributed by atoms with Gasteiger partial charge in [-0.15, -0.1) is 0 Å². The fourth-order valence-corrected chi connectivity index (χ4v) is 2.91. The standard InChI is InChI=1S/C14H18O2/c1-8-5-9(2)7-10(6-8)11-12(13(15)16)14(11,3)4/h5-7,11-12H,1-4H3,(H,15,16)/t11-,12+/m0/s1. The summed E-state index contributed by atoms with van der Waals surface area (Å²) in [4.78, 5) is 11.1. The Kier molecular flexibility index (Phi) is 2.33. The first-order valence-electron chi connectivity index (χ1n) is 5.65. The van der Waals surface area contributed by atoms with Gasteiger partial charge in [0.05, 0.1) is 5.92 Å². The molecule has 1 aliphatic rings. The van der Waals surface area contributed by atoms with Gasteiger partial charge in [0.15, 0.2) is 0 Å². The molecular weight excluding hydrogens is 200 g/mol. The maximum absolute atomic E-state index is 11.1. The number of benzene rings is 1. The topological polar surface area (TPSA) is 37.3 Å². The monoisotopic (exact) mass is 218 g/mol. The first-order valence-corrected chi connectivity index (χ1v) is 5.65. The SMILES string of the molecule is Cc1cc(C)cc([C@H]2[C@H](C(=O)O)C2(C)C)c1. The highest BCUT2D eigenvalue weighted by Gasteiger charge is 2.62. The number of carbonyl (C=O) groups is 1. The molecule has 1 aromatic rings. The molecule has 86 valence electrons. The maximum Gasteiger partial charge on any atom is 0.307 e. The molecule has 2 rings (SSSR count). The van der Waals surface area contributed by atoms with Gasteiger partial charge < -0.3 is 5.11 Å². The molecule has 1 fully saturated rings. The van der Waals surface area contributed by atoms with Crippen LogP contribution in [0.15, 0.2) is 18.2 Å². The van der Waals surface area contributed by atoms with Crippen molar-refractivity contribution < 1.29 is 9.90 Å². The molecule has 1 aliphatic carbocycles. The van der Waals surface area contributed by atoms with Crippen molar-refractivity contribution in [2.75, 3.05) is 0 Å². The number of carboxylic acids is 1. The summed E-state index contributed by atoms with van der Waals surface area (Å²) in [6.07, 6.45) is 0. The van der Waals surface area contributed by atoms with Crippen LogP contribution in [0.2, 0.25) is 0 Å². The lowest BCUT2D eigenvalue weighted by Crippen LogP contribution is -2.03. The van der Waals surface area contributed by atoms with Crippen LogP contribution in [0.5, 0.6) is 0 Å². The summed E-state index contributed by atoms with van der Waals surface area (Å²) < 4.78 is 0. The summed E-state index contributed by atoms with van der Waals surface area (Å²) in [6.45, 7) is 8.19. The van der Waals surface area contributed by atoms with E-state index in [0.717, 1.165) is 0 Å². The second-order valence-electron chi connectivity index (χ2n) is 5.54. The predicted molar refractivity (Wildman–Crippen MR) is 63.6 cm³/mol. The van der Waals surface area contributed by atoms with Gasteiger partial charge in [0, 0.05) is 5.92 Å². The van der Waals surface area contributed by atoms with E-state index in [1.54, 1.807) is 0 Å². The lowest BCUT2D eigenvalue weighted by molar-refractivity contribution is -0.139. The predicted octanol–water partition coefficient (Wildman–Crippen LogP) is 3.13. The van der Waals surface area contributed by atoms with Crippen molar-refractivity contribution in [1.29, 1.82) is 0 Å². The number of aryl methyl sites for hydroxylation is 2. The zero-order valence-corrected chi connectivity index (χ0v) is 10.2. The first kappa shape index (κ1) is 11.2. The Labute approximate surface area is 96.3 Å². The largest absolute Gasteiger partial charge is 0.481 e. The molecule has 0 radical (unpaired) electrons. The van der Waals surface area contributed by atoms with Crippen LogP contribution < -0.4 is 0 Å². The van der Waals surface area contributed by atoms with Crippen LogP contribution in [0, 0.1) is 25.2 Å². The van der Waals surface area contributed by atoms with E-state index in [1.165, 1.54) is 16.7 Å². The van der Waals surface area contributed by atoms with Gasteiger partial charge in [0.1, 0.15) is 0 Å². The van der Waals surface area contributed by atoms with Crippen molar-refractivity contribution in [3.63, 3.8) is 0 Å². The Bertz CT molecular complexity index is 426. The summed E-state index contributed by atoms with van der Waals surface area (Å²) in [7, 11) is 0. The van der Waals surface area contributed by atoms with Crippen molar-refractivity contribution in [3.8, 4) is 0 Å². The van der Waals surface area contributed by atoms with Gasteiger partial charge in [-0.2, -0.15) is 0 Å². The average molecular weight is 218 g/mol. The van der Waals surface area contributed by atoms with E-state index in [2.05, 4.69) is 32.0 Å². The Morgan fingerprint density at radius 2 is 1.69 bits per heavy atom. The molecule has 1 aromatic carbocycles. The average Bonchev–Trinajstić information content (AvgIpc) is 2.67. The van der Waals surface area contributed by atoms with Gasteiger partial charge >= 0.3 is 5.97 Å². The van der Waals surface area contributed by atoms with Crippen molar-refractivity contribution in [2.45, 2.75) is 33.6 Å². The first-order chi connectivity index (χ1) is 7.34. The fraction of sp³-hybridized carbons (Fsp3) is 0.500. The van der Waals surface area contributed by atoms with Crippen LogP contribution in [0.25, 0.3) is 0 Å². The minimum atomic E-state index is -0.672. The van der Waals surface area contributed by atoms with Crippen LogP contribution in [0.1, 0.15) is 36.5 Å². The molecule has 0 saturated heterocycles. The van der Waals surface area contributed by atoms with E-state index in [9.17, 15) is 4.79 Å². The molecule has 0 aromatic heterocycles. The van der Waals surface area contributed by atoms with Crippen molar-refractivity contribution in [2.24, 2.45) is 11.3 Å². The summed E-state index contributed by atoms with van der Waals surface area (Å²) in [6, 6.07) is 6.35. The van der Waals surface area contributed by atoms with E-state index < -0.39 is 5.97 Å². The summed E-state index contributed by atoms with van der Waals surface area (Å²) >= 11 is 0. The van der Waals surface area contributed by atoms with Gasteiger partial charge in [-0.3, -0.25) is 4.79 Å². The molecule has 0 unspecified atom stereocenters. The number of rotatable bonds is 2. The number of hydrogen-bond acceptors (Lipinski definition) is 1. The normalized spacial score (nSPS) is 26.5. The fourth-order valence-electron chi connectivity index (χ4n) is 2.91. The molecule has 0 spiro atoms. The van der Waals surface area contributed by atoms with Gasteiger partial charge in [0.2, 0.25) is 0 Å². The molecule has 1 N–H and O–H groups in total. The molecule has 2 heteroatoms. The van der Waals surface area contributed by atoms with E-state index in [4.69, 9.17) is 5.11 Å². The number of carboxylic acid groups (broad SMARTS) is 1. The Morgan fingerprint density at radius 1 is 1.19 bits per heavy atom. The van der Waals surface area contributed by atoms with E-state index in [-0.39, 0.29) is 17.3 Å². The van der Waals surface area contributed by atoms with Crippen LogP contribution >= 0.6 is 0 Å². The molecule has 2 atom stereocenters. The Morgan fingerprint density at radius 3 is 2.06 bits per heavy atom. The molecule has 0 bridgehead atoms. The minimum absolute atomic E-state index is 0.105. The van der Waals surface area contributed by atoms with E-state index in [1.807, 2.05) is 13.8 Å². The summed E-state index contributed by atoms with van der Waals surface area (Å²) in [5.74, 6) is -0.730. The zero-order valence-electron chi connectivity index (χ0n) is 10.2.